The number of rotatable bonds is 8. The topological polar surface area (TPSA) is 98.7 Å². The molecule has 2 aromatic carbocycles. The zero-order valence-electron chi connectivity index (χ0n) is 19.2. The van der Waals surface area contributed by atoms with Gasteiger partial charge in [0.2, 0.25) is 0 Å². The summed E-state index contributed by atoms with van der Waals surface area (Å²) in [5, 5.41) is 17.9. The first-order valence-corrected chi connectivity index (χ1v) is 10.7. The maximum absolute atomic E-state index is 8.93. The van der Waals surface area contributed by atoms with Gasteiger partial charge in [-0.1, -0.05) is 36.4 Å². The van der Waals surface area contributed by atoms with Crippen LogP contribution in [-0.4, -0.2) is 25.2 Å². The number of aliphatic carboxylic acids is 2. The summed E-state index contributed by atoms with van der Waals surface area (Å²) in [5.74, 6) is 0.185. The first kappa shape index (κ1) is 30.7. The van der Waals surface area contributed by atoms with Crippen LogP contribution in [-0.2, 0) is 31.3 Å². The quantitative estimate of drug-likeness (QED) is 0.402. The Labute approximate surface area is 223 Å². The molecular formula is C28H26O6Ti+2. The number of carboxylic acid groups (broad SMARTS) is 2. The Kier molecular flexibility index (Phi) is 16.6. The van der Waals surface area contributed by atoms with E-state index in [0.717, 1.165) is 37.6 Å². The van der Waals surface area contributed by atoms with E-state index in [2.05, 4.69) is 51.4 Å². The molecule has 2 aliphatic carbocycles. The Balaban J connectivity index is 0.000000280. The van der Waals surface area contributed by atoms with Crippen molar-refractivity contribution in [1.82, 2.24) is 0 Å². The average molecular weight is 506 g/mol. The van der Waals surface area contributed by atoms with Crippen LogP contribution in [0.3, 0.4) is 0 Å². The second-order valence-corrected chi connectivity index (χ2v) is 6.98. The molecule has 0 atom stereocenters. The normalized spacial score (nSPS) is 15.0. The number of hydrogen-bond donors (Lipinski definition) is 0. The third kappa shape index (κ3) is 14.6. The Bertz CT molecular complexity index is 733. The van der Waals surface area contributed by atoms with Crippen molar-refractivity contribution in [2.24, 2.45) is 0 Å². The van der Waals surface area contributed by atoms with Gasteiger partial charge in [-0.25, -0.2) is 0 Å². The third-order valence-electron chi connectivity index (χ3n) is 4.44. The van der Waals surface area contributed by atoms with Crippen molar-refractivity contribution in [3.63, 3.8) is 0 Å². The molecule has 2 saturated carbocycles. The minimum absolute atomic E-state index is 0. The van der Waals surface area contributed by atoms with Gasteiger partial charge in [0.05, 0.1) is 25.2 Å². The first-order chi connectivity index (χ1) is 16.5. The summed E-state index contributed by atoms with van der Waals surface area (Å²) in [5.41, 5.74) is 0. The van der Waals surface area contributed by atoms with Gasteiger partial charge in [-0.2, -0.15) is 0 Å². The second kappa shape index (κ2) is 19.0. The van der Waals surface area contributed by atoms with Gasteiger partial charge in [-0.3, -0.25) is 0 Å². The molecule has 0 heterocycles. The average Bonchev–Trinajstić information content (AvgIpc) is 3.56. The summed E-state index contributed by atoms with van der Waals surface area (Å²) in [4.78, 5) is 17.9. The van der Waals surface area contributed by atoms with E-state index < -0.39 is 11.9 Å². The number of para-hydroxylation sites is 2. The van der Waals surface area contributed by atoms with E-state index in [-0.39, 0.29) is 21.7 Å². The molecule has 2 fully saturated rings. The van der Waals surface area contributed by atoms with Crippen LogP contribution in [0.2, 0.25) is 0 Å². The van der Waals surface area contributed by atoms with Crippen molar-refractivity contribution < 1.29 is 51.0 Å². The van der Waals surface area contributed by atoms with Crippen molar-refractivity contribution in [3.8, 4) is 11.5 Å². The molecule has 0 aromatic heterocycles. The Morgan fingerprint density at radius 2 is 0.886 bits per heavy atom. The molecule has 0 N–H and O–H groups in total. The summed E-state index contributed by atoms with van der Waals surface area (Å²) in [7, 11) is 0. The van der Waals surface area contributed by atoms with Gasteiger partial charge in [0.1, 0.15) is 11.5 Å². The van der Waals surface area contributed by atoms with Gasteiger partial charge in [-0.15, -0.1) is 0 Å². The van der Waals surface area contributed by atoms with Gasteiger partial charge in [0.15, 0.2) is 0 Å². The number of carbonyl (C=O) groups excluding carboxylic acids is 2. The van der Waals surface area contributed by atoms with Crippen LogP contribution in [0, 0.1) is 63.2 Å². The smallest absolute Gasteiger partial charge is 0.543 e. The molecular weight excluding hydrogens is 480 g/mol. The molecule has 2 aliphatic rings. The summed E-state index contributed by atoms with van der Waals surface area (Å²) < 4.78 is 11.2. The molecule has 0 saturated heterocycles. The van der Waals surface area contributed by atoms with Crippen LogP contribution in [0.25, 0.3) is 0 Å². The van der Waals surface area contributed by atoms with Crippen LogP contribution < -0.4 is 19.7 Å². The van der Waals surface area contributed by atoms with Gasteiger partial charge in [0, 0.05) is 0 Å². The number of ether oxygens (including phenoxy) is 2. The van der Waals surface area contributed by atoms with Gasteiger partial charge >= 0.3 is 21.7 Å². The molecule has 4 rings (SSSR count). The van der Waals surface area contributed by atoms with Crippen LogP contribution in [0.15, 0.2) is 60.7 Å². The first-order valence-electron chi connectivity index (χ1n) is 10.7. The monoisotopic (exact) mass is 506 g/mol. The minimum Gasteiger partial charge on any atom is -0.543 e. The third-order valence-corrected chi connectivity index (χ3v) is 4.44. The number of hydrogen-bond acceptors (Lipinski definition) is 6. The van der Waals surface area contributed by atoms with E-state index in [1.165, 1.54) is 11.8 Å². The molecule has 2 aromatic rings. The predicted octanol–water partition coefficient (Wildman–Crippen LogP) is 2.21. The SMILES string of the molecule is O=C([O-])C(=O)[O-].[CH]1[CH][CH][C](CCOc2ccccc2)[CH]1.[CH]1[CH][CH][C](CCOc2ccccc2)[CH]1.[Ti+4]. The molecule has 0 amide bonds. The minimum atomic E-state index is -2.19. The van der Waals surface area contributed by atoms with Crippen LogP contribution in [0.5, 0.6) is 11.5 Å². The maximum Gasteiger partial charge on any atom is 4.00 e. The number of benzene rings is 2. The summed E-state index contributed by atoms with van der Waals surface area (Å²) >= 11 is 0. The van der Waals surface area contributed by atoms with E-state index in [4.69, 9.17) is 29.3 Å². The van der Waals surface area contributed by atoms with Crippen LogP contribution in [0.1, 0.15) is 12.8 Å². The Hall–Kier alpha value is -2.31. The van der Waals surface area contributed by atoms with Gasteiger partial charge in [0.25, 0.3) is 0 Å². The fourth-order valence-electron chi connectivity index (χ4n) is 2.77. The molecule has 6 nitrogen and oxygen atoms in total. The van der Waals surface area contributed by atoms with Gasteiger partial charge < -0.3 is 29.3 Å². The summed E-state index contributed by atoms with van der Waals surface area (Å²) in [6, 6.07) is 19.8. The summed E-state index contributed by atoms with van der Waals surface area (Å²) in [6.07, 6.45) is 18.6. The Morgan fingerprint density at radius 1 is 0.571 bits per heavy atom. The van der Waals surface area contributed by atoms with Crippen molar-refractivity contribution in [3.05, 3.63) is 124 Å². The predicted molar refractivity (Wildman–Crippen MR) is 124 cm³/mol. The molecule has 176 valence electrons. The fraction of sp³-hybridized carbons (Fsp3) is 0.143. The van der Waals surface area contributed by atoms with Crippen molar-refractivity contribution in [1.29, 1.82) is 0 Å². The number of carboxylic acids is 2. The fourth-order valence-corrected chi connectivity index (χ4v) is 2.77. The van der Waals surface area contributed by atoms with Crippen molar-refractivity contribution in [2.75, 3.05) is 13.2 Å². The molecule has 7 heteroatoms. The maximum atomic E-state index is 8.93. The molecule has 35 heavy (non-hydrogen) atoms. The second-order valence-electron chi connectivity index (χ2n) is 6.98. The van der Waals surface area contributed by atoms with E-state index in [1.807, 2.05) is 60.7 Å². The Morgan fingerprint density at radius 3 is 1.17 bits per heavy atom. The largest absolute Gasteiger partial charge is 4.00 e. The van der Waals surface area contributed by atoms with Crippen molar-refractivity contribution in [2.45, 2.75) is 12.8 Å². The van der Waals surface area contributed by atoms with Crippen molar-refractivity contribution >= 4 is 11.9 Å². The number of carbonyl (C=O) groups is 2. The van der Waals surface area contributed by atoms with E-state index in [9.17, 15) is 0 Å². The molecule has 0 aliphatic heterocycles. The molecule has 0 spiro atoms. The summed E-state index contributed by atoms with van der Waals surface area (Å²) in [6.45, 7) is 1.49. The van der Waals surface area contributed by atoms with E-state index in [0.29, 0.717) is 0 Å². The van der Waals surface area contributed by atoms with Crippen LogP contribution in [0.4, 0.5) is 0 Å². The van der Waals surface area contributed by atoms with Gasteiger partial charge in [-0.05, 0) is 100 Å². The van der Waals surface area contributed by atoms with E-state index >= 15 is 0 Å². The zero-order valence-corrected chi connectivity index (χ0v) is 20.7. The van der Waals surface area contributed by atoms with Crippen LogP contribution >= 0.6 is 0 Å². The zero-order chi connectivity index (χ0) is 24.4. The van der Waals surface area contributed by atoms with E-state index in [1.54, 1.807) is 0 Å². The standard InChI is InChI=1S/2C13H13O.C2H2O4.Ti/c2*1-2-8-13(9-3-1)14-11-10-12-6-4-5-7-12;3-1(4)2(5)6;/h2*1-9H,10-11H2;(H,3,4)(H,5,6);/q;;;+4/p-2. The molecule has 10 radical (unpaired) electrons. The molecule has 0 unspecified atom stereocenters. The molecule has 0 bridgehead atoms.